The van der Waals surface area contributed by atoms with Gasteiger partial charge >= 0.3 is 0 Å². The van der Waals surface area contributed by atoms with Gasteiger partial charge in [-0.05, 0) is 48.6 Å². The van der Waals surface area contributed by atoms with Crippen LogP contribution in [0.25, 0.3) is 5.13 Å². The van der Waals surface area contributed by atoms with Crippen molar-refractivity contribution in [2.75, 3.05) is 25.1 Å². The second kappa shape index (κ2) is 8.75. The molecule has 1 aliphatic heterocycles. The van der Waals surface area contributed by atoms with E-state index in [1.807, 2.05) is 12.1 Å². The maximum atomic E-state index is 5.21. The third kappa shape index (κ3) is 4.36. The summed E-state index contributed by atoms with van der Waals surface area (Å²) in [5.74, 6) is 1.70. The van der Waals surface area contributed by atoms with Crippen LogP contribution in [0.4, 0.5) is 5.13 Å². The molecule has 0 atom stereocenters. The van der Waals surface area contributed by atoms with Gasteiger partial charge in [-0.1, -0.05) is 30.4 Å². The van der Waals surface area contributed by atoms with Gasteiger partial charge in [0.2, 0.25) is 10.3 Å². The molecule has 0 spiro atoms. The highest BCUT2D eigenvalue weighted by Crippen LogP contribution is 2.28. The highest BCUT2D eigenvalue weighted by atomic mass is 32.1. The van der Waals surface area contributed by atoms with Gasteiger partial charge in [0.05, 0.1) is 7.11 Å². The Morgan fingerprint density at radius 1 is 1.07 bits per heavy atom. The molecule has 1 N–H and O–H groups in total. The first kappa shape index (κ1) is 19.0. The predicted octanol–water partition coefficient (Wildman–Crippen LogP) is 3.86. The molecule has 1 fully saturated rings. The summed E-state index contributed by atoms with van der Waals surface area (Å²) in [7, 11) is 1.69. The first-order valence-corrected chi connectivity index (χ1v) is 10.6. The van der Waals surface area contributed by atoms with Crippen LogP contribution in [-0.2, 0) is 13.1 Å². The van der Waals surface area contributed by atoms with E-state index in [1.165, 1.54) is 24.1 Å². The molecule has 1 aromatic carbocycles. The average molecular weight is 398 g/mol. The molecule has 3 aromatic rings. The fraction of sp³-hybridized carbons (Fsp3) is 0.429. The number of nitrogens with one attached hydrogen (secondary N) is 1. The first-order valence-electron chi connectivity index (χ1n) is 9.81. The normalized spacial score (nSPS) is 15.1. The van der Waals surface area contributed by atoms with Gasteiger partial charge in [0.15, 0.2) is 0 Å². The van der Waals surface area contributed by atoms with Crippen molar-refractivity contribution in [3.05, 3.63) is 53.9 Å². The van der Waals surface area contributed by atoms with Crippen LogP contribution in [0.2, 0.25) is 0 Å². The van der Waals surface area contributed by atoms with Crippen molar-refractivity contribution in [3.63, 3.8) is 0 Å². The van der Waals surface area contributed by atoms with Crippen molar-refractivity contribution in [1.29, 1.82) is 0 Å². The molecule has 3 heterocycles. The van der Waals surface area contributed by atoms with Crippen molar-refractivity contribution in [2.24, 2.45) is 5.92 Å². The third-order valence-electron chi connectivity index (χ3n) is 5.29. The summed E-state index contributed by atoms with van der Waals surface area (Å²) >= 11 is 1.67. The van der Waals surface area contributed by atoms with Gasteiger partial charge < -0.3 is 15.0 Å². The number of methoxy groups -OCH3 is 1. The summed E-state index contributed by atoms with van der Waals surface area (Å²) in [6.07, 6.45) is 4.53. The van der Waals surface area contributed by atoms with Crippen molar-refractivity contribution in [2.45, 2.75) is 32.9 Å². The summed E-state index contributed by atoms with van der Waals surface area (Å²) in [6.45, 7) is 6.07. The quantitative estimate of drug-likeness (QED) is 0.656. The van der Waals surface area contributed by atoms with Gasteiger partial charge in [0, 0.05) is 38.1 Å². The van der Waals surface area contributed by atoms with Crippen LogP contribution in [0.15, 0.2) is 42.6 Å². The Morgan fingerprint density at radius 2 is 1.82 bits per heavy atom. The minimum Gasteiger partial charge on any atom is -0.497 e. The van der Waals surface area contributed by atoms with Crippen LogP contribution in [0.1, 0.15) is 31.0 Å². The van der Waals surface area contributed by atoms with E-state index >= 15 is 0 Å². The number of hydrogen-bond acceptors (Lipinski definition) is 6. The van der Waals surface area contributed by atoms with E-state index in [4.69, 9.17) is 4.74 Å². The molecule has 28 heavy (non-hydrogen) atoms. The Kier molecular flexibility index (Phi) is 5.92. The number of piperidine rings is 1. The van der Waals surface area contributed by atoms with Gasteiger partial charge in [0.25, 0.3) is 0 Å². The molecule has 2 aromatic heterocycles. The molecular formula is C21H27N5OS. The number of ether oxygens (including phenoxy) is 1. The minimum absolute atomic E-state index is 0.773. The van der Waals surface area contributed by atoms with E-state index in [9.17, 15) is 0 Å². The molecule has 0 radical (unpaired) electrons. The van der Waals surface area contributed by atoms with Crippen LogP contribution < -0.4 is 15.0 Å². The lowest BCUT2D eigenvalue weighted by Gasteiger charge is -2.29. The highest BCUT2D eigenvalue weighted by Gasteiger charge is 2.20. The van der Waals surface area contributed by atoms with Crippen LogP contribution >= 0.6 is 11.3 Å². The standard InChI is InChI=1S/C21H27N5OS/c1-16-9-12-25(13-10-16)20-23-24-21(28-20)26-11-3-4-18(26)15-22-14-17-5-7-19(27-2)8-6-17/h3-8,11,16,22H,9-10,12-15H2,1-2H3. The van der Waals surface area contributed by atoms with Gasteiger partial charge in [-0.2, -0.15) is 0 Å². The largest absolute Gasteiger partial charge is 0.497 e. The van der Waals surface area contributed by atoms with E-state index in [0.717, 1.165) is 48.1 Å². The molecule has 7 heteroatoms. The van der Waals surface area contributed by atoms with Gasteiger partial charge in [-0.3, -0.25) is 4.57 Å². The van der Waals surface area contributed by atoms with Crippen LogP contribution in [0, 0.1) is 5.92 Å². The fourth-order valence-electron chi connectivity index (χ4n) is 3.46. The highest BCUT2D eigenvalue weighted by molar-refractivity contribution is 7.17. The number of aromatic nitrogens is 3. The van der Waals surface area contributed by atoms with E-state index in [2.05, 4.69) is 62.4 Å². The first-order chi connectivity index (χ1) is 13.7. The SMILES string of the molecule is COc1ccc(CNCc2cccn2-c2nnc(N3CCC(C)CC3)s2)cc1. The summed E-state index contributed by atoms with van der Waals surface area (Å²) < 4.78 is 7.34. The maximum absolute atomic E-state index is 5.21. The minimum atomic E-state index is 0.773. The van der Waals surface area contributed by atoms with E-state index in [1.54, 1.807) is 18.4 Å². The molecule has 4 rings (SSSR count). The number of anilines is 1. The predicted molar refractivity (Wildman–Crippen MR) is 113 cm³/mol. The summed E-state index contributed by atoms with van der Waals surface area (Å²) in [4.78, 5) is 2.37. The second-order valence-electron chi connectivity index (χ2n) is 7.36. The van der Waals surface area contributed by atoms with Crippen molar-refractivity contribution >= 4 is 16.5 Å². The monoisotopic (exact) mass is 397 g/mol. The maximum Gasteiger partial charge on any atom is 0.218 e. The van der Waals surface area contributed by atoms with Crippen molar-refractivity contribution in [1.82, 2.24) is 20.1 Å². The zero-order chi connectivity index (χ0) is 19.3. The molecule has 0 aliphatic carbocycles. The fourth-order valence-corrected chi connectivity index (χ4v) is 4.37. The Bertz CT molecular complexity index is 880. The summed E-state index contributed by atoms with van der Waals surface area (Å²) in [6, 6.07) is 12.3. The molecule has 0 saturated carbocycles. The molecule has 1 saturated heterocycles. The Morgan fingerprint density at radius 3 is 2.57 bits per heavy atom. The molecule has 0 amide bonds. The molecule has 148 valence electrons. The summed E-state index contributed by atoms with van der Waals surface area (Å²) in [5, 5.41) is 14.4. The molecule has 1 aliphatic rings. The number of rotatable bonds is 7. The van der Waals surface area contributed by atoms with Gasteiger partial charge in [-0.15, -0.1) is 10.2 Å². The zero-order valence-electron chi connectivity index (χ0n) is 16.5. The lowest BCUT2D eigenvalue weighted by molar-refractivity contribution is 0.414. The zero-order valence-corrected chi connectivity index (χ0v) is 17.3. The third-order valence-corrected chi connectivity index (χ3v) is 6.27. The smallest absolute Gasteiger partial charge is 0.218 e. The van der Waals surface area contributed by atoms with Gasteiger partial charge in [-0.25, -0.2) is 0 Å². The van der Waals surface area contributed by atoms with E-state index < -0.39 is 0 Å². The number of hydrogen-bond donors (Lipinski definition) is 1. The molecule has 0 bridgehead atoms. The lowest BCUT2D eigenvalue weighted by atomic mass is 10.00. The molecular weight excluding hydrogens is 370 g/mol. The molecule has 0 unspecified atom stereocenters. The van der Waals surface area contributed by atoms with E-state index in [-0.39, 0.29) is 0 Å². The lowest BCUT2D eigenvalue weighted by Crippen LogP contribution is -2.32. The van der Waals surface area contributed by atoms with Crippen LogP contribution in [0.5, 0.6) is 5.75 Å². The van der Waals surface area contributed by atoms with E-state index in [0.29, 0.717) is 0 Å². The van der Waals surface area contributed by atoms with Crippen LogP contribution in [-0.4, -0.2) is 35.0 Å². The van der Waals surface area contributed by atoms with Gasteiger partial charge in [0.1, 0.15) is 5.75 Å². The molecule has 6 nitrogen and oxygen atoms in total. The Hall–Kier alpha value is -2.38. The summed E-state index contributed by atoms with van der Waals surface area (Å²) in [5.41, 5.74) is 2.42. The average Bonchev–Trinajstić information content (AvgIpc) is 3.38. The topological polar surface area (TPSA) is 55.2 Å². The van der Waals surface area contributed by atoms with Crippen molar-refractivity contribution in [3.8, 4) is 10.9 Å². The second-order valence-corrected chi connectivity index (χ2v) is 8.29. The Balaban J connectivity index is 1.37. The van der Waals surface area contributed by atoms with Crippen LogP contribution in [0.3, 0.4) is 0 Å². The van der Waals surface area contributed by atoms with Crippen molar-refractivity contribution < 1.29 is 4.74 Å². The number of nitrogens with zero attached hydrogens (tertiary/aromatic N) is 4. The Labute approximate surface area is 170 Å². The number of benzene rings is 1.